The van der Waals surface area contributed by atoms with Crippen LogP contribution in [0.25, 0.3) is 0 Å². The highest BCUT2D eigenvalue weighted by Gasteiger charge is 2.46. The first-order valence-electron chi connectivity index (χ1n) is 13.0. The Bertz CT molecular complexity index is 1140. The van der Waals surface area contributed by atoms with Crippen molar-refractivity contribution in [3.8, 4) is 0 Å². The molecule has 2 fully saturated rings. The molecule has 205 valence electrons. The van der Waals surface area contributed by atoms with Crippen molar-refractivity contribution in [2.24, 2.45) is 0 Å². The van der Waals surface area contributed by atoms with Gasteiger partial charge in [0, 0.05) is 54.5 Å². The summed E-state index contributed by atoms with van der Waals surface area (Å²) in [5, 5.41) is 31.5. The van der Waals surface area contributed by atoms with Gasteiger partial charge in [0.2, 0.25) is 11.8 Å². The summed E-state index contributed by atoms with van der Waals surface area (Å²) >= 11 is 0. The first-order valence-corrected chi connectivity index (χ1v) is 13.0. The van der Waals surface area contributed by atoms with Gasteiger partial charge >= 0.3 is 5.69 Å². The van der Waals surface area contributed by atoms with Gasteiger partial charge in [-0.3, -0.25) is 14.9 Å². The van der Waals surface area contributed by atoms with Crippen LogP contribution < -0.4 is 15.5 Å². The molecule has 1 amide bonds. The topological polar surface area (TPSA) is 140 Å². The molecule has 12 heteroatoms. The number of rotatable bonds is 7. The van der Waals surface area contributed by atoms with E-state index in [2.05, 4.69) is 32.4 Å². The number of hydrogen-bond acceptors (Lipinski definition) is 9. The van der Waals surface area contributed by atoms with Gasteiger partial charge in [0.25, 0.3) is 5.91 Å². The maximum Gasteiger partial charge on any atom is 0.329 e. The van der Waals surface area contributed by atoms with Crippen molar-refractivity contribution in [2.75, 3.05) is 42.9 Å². The molecule has 2 saturated heterocycles. The lowest BCUT2D eigenvalue weighted by molar-refractivity contribution is -0.384. The molecule has 4 rings (SSSR count). The lowest BCUT2D eigenvalue weighted by atomic mass is 9.79. The molecule has 3 heterocycles. The Morgan fingerprint density at radius 3 is 2.24 bits per heavy atom. The summed E-state index contributed by atoms with van der Waals surface area (Å²) in [5.41, 5.74) is -0.114. The van der Waals surface area contributed by atoms with Crippen molar-refractivity contribution in [3.63, 3.8) is 0 Å². The second-order valence-electron chi connectivity index (χ2n) is 11.3. The van der Waals surface area contributed by atoms with E-state index in [-0.39, 0.29) is 23.6 Å². The van der Waals surface area contributed by atoms with Crippen LogP contribution in [0.4, 0.5) is 23.1 Å². The number of carbonyl (C=O) groups excluding carboxylic acids is 1. The summed E-state index contributed by atoms with van der Waals surface area (Å²) in [6.45, 7) is 13.6. The lowest BCUT2D eigenvalue weighted by Gasteiger charge is -2.50. The molecule has 0 bridgehead atoms. The van der Waals surface area contributed by atoms with Gasteiger partial charge in [-0.15, -0.1) is 10.3 Å². The maximum absolute atomic E-state index is 12.9. The molecule has 0 spiro atoms. The molecular weight excluding hydrogens is 488 g/mol. The van der Waals surface area contributed by atoms with Crippen LogP contribution in [0.15, 0.2) is 30.5 Å². The fourth-order valence-electron chi connectivity index (χ4n) is 5.53. The smallest absolute Gasteiger partial charge is 0.329 e. The standard InChI is InChI=1S/C26H37N8O4/c1-6-31-11-13-32(14-12-31)22-21(33(36)37)17-27-24(30-22)29-19-9-7-18(8-10-19)23(35)28-20-15-25(2,3)34(38)26(4,5)16-20/h7-10,17,20H,6,11-16H2,1-5H3,(H,28,35)(H,27,29,30). The molecule has 2 aliphatic heterocycles. The van der Waals surface area contributed by atoms with Crippen LogP contribution in [0.3, 0.4) is 0 Å². The normalized spacial score (nSPS) is 20.2. The molecule has 1 radical (unpaired) electrons. The van der Waals surface area contributed by atoms with Gasteiger partial charge in [-0.1, -0.05) is 6.92 Å². The Morgan fingerprint density at radius 1 is 1.08 bits per heavy atom. The number of nitrogens with one attached hydrogen (secondary N) is 2. The van der Waals surface area contributed by atoms with Crippen LogP contribution >= 0.6 is 0 Å². The Morgan fingerprint density at radius 2 is 1.68 bits per heavy atom. The van der Waals surface area contributed by atoms with Crippen LogP contribution in [0.1, 0.15) is 57.8 Å². The zero-order chi connectivity index (χ0) is 27.7. The number of anilines is 3. The summed E-state index contributed by atoms with van der Waals surface area (Å²) < 4.78 is 0. The van der Waals surface area contributed by atoms with Gasteiger partial charge in [0.05, 0.1) is 4.92 Å². The van der Waals surface area contributed by atoms with E-state index in [1.807, 2.05) is 32.6 Å². The minimum absolute atomic E-state index is 0.110. The third-order valence-corrected chi connectivity index (χ3v) is 7.40. The molecule has 0 saturated carbocycles. The van der Waals surface area contributed by atoms with Crippen molar-refractivity contribution < 1.29 is 14.9 Å². The minimum Gasteiger partial charge on any atom is -0.349 e. The molecule has 38 heavy (non-hydrogen) atoms. The molecule has 0 unspecified atom stereocenters. The summed E-state index contributed by atoms with van der Waals surface area (Å²) in [6, 6.07) is 6.78. The van der Waals surface area contributed by atoms with E-state index in [1.165, 1.54) is 6.20 Å². The van der Waals surface area contributed by atoms with E-state index < -0.39 is 16.0 Å². The predicted octanol–water partition coefficient (Wildman–Crippen LogP) is 3.37. The molecule has 2 aliphatic rings. The zero-order valence-corrected chi connectivity index (χ0v) is 22.7. The van der Waals surface area contributed by atoms with Gasteiger partial charge in [0.15, 0.2) is 0 Å². The van der Waals surface area contributed by atoms with Crippen LogP contribution in [-0.4, -0.2) is 80.6 Å². The number of piperidine rings is 1. The second-order valence-corrected chi connectivity index (χ2v) is 11.3. The number of piperazine rings is 1. The quantitative estimate of drug-likeness (QED) is 0.411. The number of aromatic nitrogens is 2. The highest BCUT2D eigenvalue weighted by molar-refractivity contribution is 5.94. The van der Waals surface area contributed by atoms with Gasteiger partial charge in [0.1, 0.15) is 6.20 Å². The fraction of sp³-hybridized carbons (Fsp3) is 0.577. The minimum atomic E-state index is -0.569. The fourth-order valence-corrected chi connectivity index (χ4v) is 5.53. The molecule has 1 aromatic heterocycles. The number of benzene rings is 1. The maximum atomic E-state index is 12.9. The van der Waals surface area contributed by atoms with E-state index >= 15 is 0 Å². The van der Waals surface area contributed by atoms with Gasteiger partial charge in [-0.05, 0) is 71.3 Å². The molecule has 2 N–H and O–H groups in total. The van der Waals surface area contributed by atoms with Crippen molar-refractivity contribution in [3.05, 3.63) is 46.1 Å². The van der Waals surface area contributed by atoms with Crippen LogP contribution in [0.5, 0.6) is 0 Å². The number of nitrogens with zero attached hydrogens (tertiary/aromatic N) is 6. The lowest BCUT2D eigenvalue weighted by Crippen LogP contribution is -2.62. The number of hydrogen-bond donors (Lipinski definition) is 2. The van der Waals surface area contributed by atoms with Crippen molar-refractivity contribution in [2.45, 2.75) is 64.6 Å². The monoisotopic (exact) mass is 525 g/mol. The predicted molar refractivity (Wildman–Crippen MR) is 144 cm³/mol. The zero-order valence-electron chi connectivity index (χ0n) is 22.7. The van der Waals surface area contributed by atoms with Crippen molar-refractivity contribution in [1.82, 2.24) is 25.2 Å². The highest BCUT2D eigenvalue weighted by Crippen LogP contribution is 2.37. The third-order valence-electron chi connectivity index (χ3n) is 7.40. The molecule has 12 nitrogen and oxygen atoms in total. The summed E-state index contributed by atoms with van der Waals surface area (Å²) in [6.07, 6.45) is 2.37. The van der Waals surface area contributed by atoms with E-state index in [0.717, 1.165) is 24.7 Å². The third kappa shape index (κ3) is 6.03. The van der Waals surface area contributed by atoms with E-state index in [1.54, 1.807) is 24.3 Å². The summed E-state index contributed by atoms with van der Waals surface area (Å²) in [5.74, 6) is 0.344. The highest BCUT2D eigenvalue weighted by atomic mass is 16.6. The van der Waals surface area contributed by atoms with Crippen molar-refractivity contribution >= 4 is 29.0 Å². The van der Waals surface area contributed by atoms with E-state index in [4.69, 9.17) is 0 Å². The van der Waals surface area contributed by atoms with E-state index in [0.29, 0.717) is 43.0 Å². The van der Waals surface area contributed by atoms with Crippen LogP contribution in [-0.2, 0) is 5.21 Å². The van der Waals surface area contributed by atoms with Crippen LogP contribution in [0, 0.1) is 10.1 Å². The first kappa shape index (κ1) is 27.7. The van der Waals surface area contributed by atoms with Gasteiger partial charge < -0.3 is 20.4 Å². The Balaban J connectivity index is 1.43. The summed E-state index contributed by atoms with van der Waals surface area (Å²) in [7, 11) is 0. The Hall–Kier alpha value is -3.35. The molecule has 0 aliphatic carbocycles. The summed E-state index contributed by atoms with van der Waals surface area (Å²) in [4.78, 5) is 36.9. The van der Waals surface area contributed by atoms with Crippen molar-refractivity contribution in [1.29, 1.82) is 0 Å². The largest absolute Gasteiger partial charge is 0.349 e. The molecule has 1 aromatic carbocycles. The SMILES string of the molecule is CCN1CCN(c2nc(Nc3ccc(C(=O)NC4CC(C)(C)N([O])C(C)(C)C4)cc3)ncc2[N+](=O)[O-])CC1. The Labute approximate surface area is 223 Å². The number of amides is 1. The number of nitro groups is 1. The average molecular weight is 526 g/mol. The molecule has 2 aromatic rings. The molecule has 0 atom stereocenters. The number of hydroxylamine groups is 2. The molecular formula is C26H37N8O4. The van der Waals surface area contributed by atoms with Gasteiger partial charge in [-0.2, -0.15) is 4.98 Å². The van der Waals surface area contributed by atoms with Gasteiger partial charge in [-0.25, -0.2) is 4.98 Å². The first-order chi connectivity index (χ1) is 17.9. The number of likely N-dealkylation sites (N-methyl/N-ethyl adjacent to an activating group) is 1. The number of carbonyl (C=O) groups is 1. The second kappa shape index (κ2) is 10.8. The Kier molecular flexibility index (Phi) is 7.86. The average Bonchev–Trinajstić information content (AvgIpc) is 2.87. The van der Waals surface area contributed by atoms with Crippen LogP contribution in [0.2, 0.25) is 0 Å². The van der Waals surface area contributed by atoms with E-state index in [9.17, 15) is 20.1 Å².